The van der Waals surface area contributed by atoms with E-state index in [4.69, 9.17) is 0 Å². The molecule has 3 heteroatoms. The van der Waals surface area contributed by atoms with Crippen LogP contribution < -0.4 is 0 Å². The van der Waals surface area contributed by atoms with Gasteiger partial charge in [-0.3, -0.25) is 4.79 Å². The SMILES string of the molecule is CCC(O)Cc1cccc(C(=O)S)c1. The highest BCUT2D eigenvalue weighted by Crippen LogP contribution is 2.10. The highest BCUT2D eigenvalue weighted by Gasteiger charge is 2.05. The van der Waals surface area contributed by atoms with Crippen molar-refractivity contribution >= 4 is 17.7 Å². The van der Waals surface area contributed by atoms with Crippen molar-refractivity contribution in [1.29, 1.82) is 0 Å². The average Bonchev–Trinajstić information content (AvgIpc) is 2.18. The summed E-state index contributed by atoms with van der Waals surface area (Å²) in [5.41, 5.74) is 1.55. The number of thiol groups is 1. The minimum absolute atomic E-state index is 0.238. The molecule has 2 nitrogen and oxygen atoms in total. The fourth-order valence-electron chi connectivity index (χ4n) is 1.25. The summed E-state index contributed by atoms with van der Waals surface area (Å²) in [5, 5.41) is 9.20. The van der Waals surface area contributed by atoms with Crippen molar-refractivity contribution in [2.75, 3.05) is 0 Å². The molecule has 1 atom stereocenters. The summed E-state index contributed by atoms with van der Waals surface area (Å²) in [5.74, 6) is 0. The molecule has 1 aromatic rings. The molecule has 0 saturated heterocycles. The van der Waals surface area contributed by atoms with Gasteiger partial charge in [0.1, 0.15) is 0 Å². The van der Waals surface area contributed by atoms with Crippen molar-refractivity contribution in [2.45, 2.75) is 25.9 Å². The van der Waals surface area contributed by atoms with Gasteiger partial charge >= 0.3 is 0 Å². The van der Waals surface area contributed by atoms with Crippen LogP contribution in [0.5, 0.6) is 0 Å². The standard InChI is InChI=1S/C11H14O2S/c1-2-10(12)7-8-4-3-5-9(6-8)11(13)14/h3-6,10,12H,2,7H2,1H3,(H,13,14). The second kappa shape index (κ2) is 5.17. The molecule has 1 aromatic carbocycles. The molecule has 0 bridgehead atoms. The monoisotopic (exact) mass is 210 g/mol. The quantitative estimate of drug-likeness (QED) is 0.746. The average molecular weight is 210 g/mol. The van der Waals surface area contributed by atoms with E-state index >= 15 is 0 Å². The molecule has 1 N–H and O–H groups in total. The molecule has 0 fully saturated rings. The Morgan fingerprint density at radius 2 is 2.29 bits per heavy atom. The molecular weight excluding hydrogens is 196 g/mol. The van der Waals surface area contributed by atoms with Crippen molar-refractivity contribution in [3.63, 3.8) is 0 Å². The molecule has 0 aliphatic rings. The minimum Gasteiger partial charge on any atom is -0.393 e. The molecule has 0 heterocycles. The van der Waals surface area contributed by atoms with Gasteiger partial charge in [0.2, 0.25) is 5.12 Å². The first-order chi connectivity index (χ1) is 6.63. The Morgan fingerprint density at radius 3 is 2.86 bits per heavy atom. The van der Waals surface area contributed by atoms with Gasteiger partial charge in [0.05, 0.1) is 6.10 Å². The number of carbonyl (C=O) groups is 1. The fraction of sp³-hybridized carbons (Fsp3) is 0.364. The van der Waals surface area contributed by atoms with Gasteiger partial charge in [-0.15, -0.1) is 12.6 Å². The Kier molecular flexibility index (Phi) is 4.17. The second-order valence-corrected chi connectivity index (χ2v) is 3.68. The van der Waals surface area contributed by atoms with E-state index in [0.717, 1.165) is 12.0 Å². The van der Waals surface area contributed by atoms with Crippen molar-refractivity contribution < 1.29 is 9.90 Å². The molecular formula is C11H14O2S. The molecule has 76 valence electrons. The maximum atomic E-state index is 11.0. The van der Waals surface area contributed by atoms with E-state index in [9.17, 15) is 9.90 Å². The Hall–Kier alpha value is -0.800. The summed E-state index contributed by atoms with van der Waals surface area (Å²) < 4.78 is 0. The van der Waals surface area contributed by atoms with Crippen LogP contribution in [-0.4, -0.2) is 16.3 Å². The predicted octanol–water partition coefficient (Wildman–Crippen LogP) is 2.07. The minimum atomic E-state index is -0.333. The van der Waals surface area contributed by atoms with Gasteiger partial charge < -0.3 is 5.11 Å². The summed E-state index contributed by atoms with van der Waals surface area (Å²) in [7, 11) is 0. The highest BCUT2D eigenvalue weighted by atomic mass is 32.1. The lowest BCUT2D eigenvalue weighted by molar-refractivity contribution is 0.109. The Labute approximate surface area is 89.4 Å². The van der Waals surface area contributed by atoms with Crippen LogP contribution in [0.1, 0.15) is 29.3 Å². The van der Waals surface area contributed by atoms with Crippen molar-refractivity contribution in [1.82, 2.24) is 0 Å². The Bertz CT molecular complexity index is 323. The predicted molar refractivity (Wildman–Crippen MR) is 59.8 cm³/mol. The molecule has 0 aromatic heterocycles. The maximum Gasteiger partial charge on any atom is 0.216 e. The molecule has 14 heavy (non-hydrogen) atoms. The van der Waals surface area contributed by atoms with E-state index in [-0.39, 0.29) is 11.2 Å². The summed E-state index contributed by atoms with van der Waals surface area (Å²) in [6.45, 7) is 1.93. The third kappa shape index (κ3) is 3.16. The van der Waals surface area contributed by atoms with E-state index < -0.39 is 0 Å². The van der Waals surface area contributed by atoms with Crippen LogP contribution in [0.15, 0.2) is 24.3 Å². The van der Waals surface area contributed by atoms with E-state index in [1.54, 1.807) is 18.2 Å². The number of hydrogen-bond donors (Lipinski definition) is 2. The molecule has 1 unspecified atom stereocenters. The normalized spacial score (nSPS) is 12.5. The molecule has 1 rings (SSSR count). The van der Waals surface area contributed by atoms with Gasteiger partial charge in [-0.05, 0) is 24.5 Å². The summed E-state index contributed by atoms with van der Waals surface area (Å²) in [6, 6.07) is 7.20. The van der Waals surface area contributed by atoms with Crippen LogP contribution in [0, 0.1) is 0 Å². The van der Waals surface area contributed by atoms with Gasteiger partial charge in [0, 0.05) is 5.56 Å². The first-order valence-corrected chi connectivity index (χ1v) is 5.08. The van der Waals surface area contributed by atoms with Gasteiger partial charge in [0.25, 0.3) is 0 Å². The van der Waals surface area contributed by atoms with Gasteiger partial charge in [-0.2, -0.15) is 0 Å². The summed E-state index contributed by atoms with van der Waals surface area (Å²) >= 11 is 3.75. The lowest BCUT2D eigenvalue weighted by Crippen LogP contribution is -2.08. The zero-order valence-corrected chi connectivity index (χ0v) is 9.00. The molecule has 0 aliphatic carbocycles. The molecule has 0 aliphatic heterocycles. The number of benzene rings is 1. The lowest BCUT2D eigenvalue weighted by Gasteiger charge is -2.07. The number of rotatable bonds is 4. The Balaban J connectivity index is 2.78. The van der Waals surface area contributed by atoms with Crippen LogP contribution in [-0.2, 0) is 6.42 Å². The first-order valence-electron chi connectivity index (χ1n) is 4.63. The van der Waals surface area contributed by atoms with Crippen molar-refractivity contribution in [3.05, 3.63) is 35.4 Å². The van der Waals surface area contributed by atoms with Crippen molar-refractivity contribution in [2.24, 2.45) is 0 Å². The number of hydrogen-bond acceptors (Lipinski definition) is 2. The van der Waals surface area contributed by atoms with E-state index in [0.29, 0.717) is 12.0 Å². The fourth-order valence-corrected chi connectivity index (χ4v) is 1.39. The van der Waals surface area contributed by atoms with E-state index in [1.807, 2.05) is 13.0 Å². The summed E-state index contributed by atoms with van der Waals surface area (Å²) in [4.78, 5) is 11.0. The first kappa shape index (κ1) is 11.3. The van der Waals surface area contributed by atoms with E-state index in [1.165, 1.54) is 0 Å². The van der Waals surface area contributed by atoms with E-state index in [2.05, 4.69) is 12.6 Å². The number of aliphatic hydroxyl groups excluding tert-OH is 1. The van der Waals surface area contributed by atoms with Crippen LogP contribution in [0.25, 0.3) is 0 Å². The Morgan fingerprint density at radius 1 is 1.57 bits per heavy atom. The highest BCUT2D eigenvalue weighted by molar-refractivity contribution is 7.97. The molecule has 0 saturated carbocycles. The zero-order valence-electron chi connectivity index (χ0n) is 8.10. The summed E-state index contributed by atoms with van der Waals surface area (Å²) in [6.07, 6.45) is 0.977. The maximum absolute atomic E-state index is 11.0. The number of carbonyl (C=O) groups excluding carboxylic acids is 1. The largest absolute Gasteiger partial charge is 0.393 e. The van der Waals surface area contributed by atoms with Gasteiger partial charge in [-0.25, -0.2) is 0 Å². The van der Waals surface area contributed by atoms with Crippen molar-refractivity contribution in [3.8, 4) is 0 Å². The van der Waals surface area contributed by atoms with Crippen LogP contribution >= 0.6 is 12.6 Å². The van der Waals surface area contributed by atoms with Crippen LogP contribution in [0.4, 0.5) is 0 Å². The molecule has 0 amide bonds. The third-order valence-corrected chi connectivity index (χ3v) is 2.37. The smallest absolute Gasteiger partial charge is 0.216 e. The molecule has 0 spiro atoms. The zero-order chi connectivity index (χ0) is 10.6. The van der Waals surface area contributed by atoms with Gasteiger partial charge in [-0.1, -0.05) is 25.1 Å². The second-order valence-electron chi connectivity index (χ2n) is 3.27. The van der Waals surface area contributed by atoms with Gasteiger partial charge in [0.15, 0.2) is 0 Å². The third-order valence-electron chi connectivity index (χ3n) is 2.12. The molecule has 0 radical (unpaired) electrons. The topological polar surface area (TPSA) is 37.3 Å². The van der Waals surface area contributed by atoms with Crippen LogP contribution in [0.3, 0.4) is 0 Å². The number of aliphatic hydroxyl groups is 1. The van der Waals surface area contributed by atoms with Crippen LogP contribution in [0.2, 0.25) is 0 Å². The lowest BCUT2D eigenvalue weighted by atomic mass is 10.0.